The molecule has 0 N–H and O–H groups in total. The first-order valence-corrected chi connectivity index (χ1v) is 14.8. The molecule has 1 fully saturated rings. The summed E-state index contributed by atoms with van der Waals surface area (Å²) in [5.41, 5.74) is -0.120. The van der Waals surface area contributed by atoms with Crippen LogP contribution in [-0.2, 0) is 34.4 Å². The van der Waals surface area contributed by atoms with Crippen molar-refractivity contribution >= 4 is 23.1 Å². The second-order valence-corrected chi connectivity index (χ2v) is 10.8. The summed E-state index contributed by atoms with van der Waals surface area (Å²) in [7, 11) is 1.55. The average molecular weight is 656 g/mol. The van der Waals surface area contributed by atoms with Crippen LogP contribution >= 0.6 is 11.6 Å². The van der Waals surface area contributed by atoms with E-state index in [0.717, 1.165) is 31.4 Å². The van der Waals surface area contributed by atoms with Crippen LogP contribution in [-0.4, -0.2) is 59.9 Å². The third-order valence-electron chi connectivity index (χ3n) is 7.09. The molecule has 45 heavy (non-hydrogen) atoms. The van der Waals surface area contributed by atoms with Crippen molar-refractivity contribution in [3.63, 3.8) is 0 Å². The van der Waals surface area contributed by atoms with Crippen LogP contribution in [0.4, 0.5) is 24.7 Å². The van der Waals surface area contributed by atoms with Gasteiger partial charge in [0.1, 0.15) is 37.1 Å². The van der Waals surface area contributed by atoms with Crippen molar-refractivity contribution in [2.24, 2.45) is 7.05 Å². The lowest BCUT2D eigenvalue weighted by molar-refractivity contribution is -0.274. The van der Waals surface area contributed by atoms with Gasteiger partial charge in [-0.25, -0.2) is 9.86 Å². The molecule has 1 aromatic carbocycles. The number of benzene rings is 1. The average Bonchev–Trinajstić information content (AvgIpc) is 3.37. The molecule has 2 aromatic heterocycles. The maximum absolute atomic E-state index is 13.8. The molecule has 0 amide bonds. The Morgan fingerprint density at radius 3 is 2.64 bits per heavy atom. The Bertz CT molecular complexity index is 1560. The Morgan fingerprint density at radius 2 is 1.91 bits per heavy atom. The standard InChI is InChI=1S/C29H33ClF3N5O7/c1-35-26-25(27(39)37(28(35)40)11-5-13-43-24-8-2-3-12-42-24)36(18-21-10-9-20(30)17-34-21)19-38(26)44-15-14-41-22-6-4-7-23(16-22)45-29(31,32)33/h4,6-7,9-10,16-17,24H,2-3,5,8,11-15,18-19H2,1H3. The monoisotopic (exact) mass is 655 g/mol. The van der Waals surface area contributed by atoms with Gasteiger partial charge in [-0.05, 0) is 49.9 Å². The van der Waals surface area contributed by atoms with E-state index in [1.807, 2.05) is 0 Å². The molecule has 1 atom stereocenters. The van der Waals surface area contributed by atoms with E-state index in [9.17, 15) is 22.8 Å². The summed E-state index contributed by atoms with van der Waals surface area (Å²) in [4.78, 5) is 39.1. The number of anilines is 2. The summed E-state index contributed by atoms with van der Waals surface area (Å²) in [5, 5.41) is 1.88. The predicted molar refractivity (Wildman–Crippen MR) is 157 cm³/mol. The number of aromatic nitrogens is 3. The van der Waals surface area contributed by atoms with Crippen molar-refractivity contribution in [2.45, 2.75) is 51.4 Å². The van der Waals surface area contributed by atoms with Crippen molar-refractivity contribution in [3.8, 4) is 11.5 Å². The Hall–Kier alpha value is -3.79. The largest absolute Gasteiger partial charge is 0.573 e. The van der Waals surface area contributed by atoms with E-state index < -0.39 is 23.4 Å². The molecule has 2 aliphatic rings. The molecule has 0 radical (unpaired) electrons. The lowest BCUT2D eigenvalue weighted by Crippen LogP contribution is -2.41. The number of hydrogen-bond donors (Lipinski definition) is 0. The molecule has 12 nitrogen and oxygen atoms in total. The maximum atomic E-state index is 13.8. The van der Waals surface area contributed by atoms with Crippen LogP contribution in [0.15, 0.2) is 52.2 Å². The molecule has 0 aliphatic carbocycles. The molecular weight excluding hydrogens is 623 g/mol. The quantitative estimate of drug-likeness (QED) is 0.248. The van der Waals surface area contributed by atoms with Gasteiger partial charge < -0.3 is 23.8 Å². The predicted octanol–water partition coefficient (Wildman–Crippen LogP) is 4.22. The molecule has 5 rings (SSSR count). The molecule has 244 valence electrons. The minimum atomic E-state index is -4.83. The van der Waals surface area contributed by atoms with Gasteiger partial charge in [0.2, 0.25) is 0 Å². The van der Waals surface area contributed by atoms with Gasteiger partial charge in [0.05, 0.1) is 23.9 Å². The maximum Gasteiger partial charge on any atom is 0.573 e. The molecule has 1 unspecified atom stereocenters. The van der Waals surface area contributed by atoms with Crippen LogP contribution in [0.3, 0.4) is 0 Å². The first-order valence-electron chi connectivity index (χ1n) is 14.4. The highest BCUT2D eigenvalue weighted by atomic mass is 35.5. The van der Waals surface area contributed by atoms with Crippen LogP contribution in [0.1, 0.15) is 31.4 Å². The first kappa shape index (κ1) is 32.6. The van der Waals surface area contributed by atoms with Crippen molar-refractivity contribution < 1.29 is 37.0 Å². The van der Waals surface area contributed by atoms with Crippen LogP contribution in [0, 0.1) is 0 Å². The van der Waals surface area contributed by atoms with E-state index in [1.165, 1.54) is 32.5 Å². The Balaban J connectivity index is 1.29. The van der Waals surface area contributed by atoms with E-state index >= 15 is 0 Å². The normalized spacial score (nSPS) is 16.6. The van der Waals surface area contributed by atoms with Gasteiger partial charge in [0.25, 0.3) is 5.56 Å². The van der Waals surface area contributed by atoms with Gasteiger partial charge >= 0.3 is 12.1 Å². The second-order valence-electron chi connectivity index (χ2n) is 10.4. The summed E-state index contributed by atoms with van der Waals surface area (Å²) >= 11 is 6.00. The zero-order chi connectivity index (χ0) is 32.0. The van der Waals surface area contributed by atoms with Crippen molar-refractivity contribution in [2.75, 3.05) is 43.1 Å². The molecule has 0 saturated carbocycles. The van der Waals surface area contributed by atoms with E-state index in [4.69, 9.17) is 30.6 Å². The summed E-state index contributed by atoms with van der Waals surface area (Å²) in [6, 6.07) is 8.55. The van der Waals surface area contributed by atoms with Crippen molar-refractivity contribution in [3.05, 3.63) is 74.1 Å². The fourth-order valence-corrected chi connectivity index (χ4v) is 5.18. The van der Waals surface area contributed by atoms with Crippen molar-refractivity contribution in [1.82, 2.24) is 14.1 Å². The van der Waals surface area contributed by atoms with Gasteiger partial charge in [-0.15, -0.1) is 13.2 Å². The van der Waals surface area contributed by atoms with Gasteiger partial charge in [-0.2, -0.15) is 0 Å². The fourth-order valence-electron chi connectivity index (χ4n) is 5.07. The van der Waals surface area contributed by atoms with E-state index in [-0.39, 0.29) is 56.5 Å². The lowest BCUT2D eigenvalue weighted by Gasteiger charge is -2.22. The number of nitrogens with zero attached hydrogens (tertiary/aromatic N) is 5. The molecule has 4 heterocycles. The number of rotatable bonds is 13. The van der Waals surface area contributed by atoms with Crippen molar-refractivity contribution in [1.29, 1.82) is 0 Å². The van der Waals surface area contributed by atoms with Gasteiger partial charge in [-0.1, -0.05) is 17.7 Å². The Labute approximate surface area is 261 Å². The van der Waals surface area contributed by atoms with E-state index in [2.05, 4.69) is 9.72 Å². The van der Waals surface area contributed by atoms with Crippen LogP contribution < -0.4 is 30.7 Å². The van der Waals surface area contributed by atoms with Gasteiger partial charge in [-0.3, -0.25) is 23.8 Å². The zero-order valence-electron chi connectivity index (χ0n) is 24.5. The number of fused-ring (bicyclic) bond motifs is 1. The number of hydrogen-bond acceptors (Lipinski definition) is 10. The van der Waals surface area contributed by atoms with Crippen LogP contribution in [0.25, 0.3) is 0 Å². The summed E-state index contributed by atoms with van der Waals surface area (Å²) < 4.78 is 61.0. The molecule has 0 bridgehead atoms. The molecule has 1 saturated heterocycles. The highest BCUT2D eigenvalue weighted by Gasteiger charge is 2.35. The molecule has 3 aromatic rings. The number of halogens is 4. The third-order valence-corrected chi connectivity index (χ3v) is 7.32. The van der Waals surface area contributed by atoms with E-state index in [0.29, 0.717) is 30.4 Å². The smallest absolute Gasteiger partial charge is 0.491 e. The van der Waals surface area contributed by atoms with Gasteiger partial charge in [0, 0.05) is 32.5 Å². The van der Waals surface area contributed by atoms with Gasteiger partial charge in [0.15, 0.2) is 12.1 Å². The summed E-state index contributed by atoms with van der Waals surface area (Å²) in [6.07, 6.45) is -0.318. The highest BCUT2D eigenvalue weighted by molar-refractivity contribution is 6.30. The molecular formula is C29H33ClF3N5O7. The number of alkyl halides is 3. The molecule has 2 aliphatic heterocycles. The Kier molecular flexibility index (Phi) is 10.5. The second kappa shape index (κ2) is 14.5. The molecule has 0 spiro atoms. The first-order chi connectivity index (χ1) is 21.6. The number of ether oxygens (including phenoxy) is 4. The van der Waals surface area contributed by atoms with Crippen LogP contribution in [0.2, 0.25) is 5.02 Å². The minimum absolute atomic E-state index is 0.0459. The molecule has 16 heteroatoms. The third kappa shape index (κ3) is 8.48. The highest BCUT2D eigenvalue weighted by Crippen LogP contribution is 2.33. The van der Waals surface area contributed by atoms with E-state index in [1.54, 1.807) is 24.1 Å². The topological polar surface area (TPSA) is 110 Å². The summed E-state index contributed by atoms with van der Waals surface area (Å²) in [6.45, 7) is 1.35. The SMILES string of the molecule is Cn1c2c(c(=O)n(CCCOC3CCCCO3)c1=O)N(Cc1ccc(Cl)cn1)CN2OCCOc1cccc(OC(F)(F)F)c1. The zero-order valence-corrected chi connectivity index (χ0v) is 25.3. The minimum Gasteiger partial charge on any atom is -0.491 e. The lowest BCUT2D eigenvalue weighted by atomic mass is 10.2. The van der Waals surface area contributed by atoms with Crippen LogP contribution in [0.5, 0.6) is 11.5 Å². The number of hydroxylamine groups is 1. The summed E-state index contributed by atoms with van der Waals surface area (Å²) in [5.74, 6) is -0.0180. The fraction of sp³-hybridized carbons (Fsp3) is 0.483. The Morgan fingerprint density at radius 1 is 1.09 bits per heavy atom. The number of pyridine rings is 1.